The van der Waals surface area contributed by atoms with Gasteiger partial charge in [0.15, 0.2) is 0 Å². The number of hydrogen-bond donors (Lipinski definition) is 1. The number of aromatic nitrogens is 1. The zero-order chi connectivity index (χ0) is 13.3. The van der Waals surface area contributed by atoms with Gasteiger partial charge in [-0.05, 0) is 28.1 Å². The van der Waals surface area contributed by atoms with Gasteiger partial charge in [0, 0.05) is 6.20 Å². The van der Waals surface area contributed by atoms with Crippen molar-refractivity contribution in [2.24, 2.45) is 0 Å². The standard InChI is InChI=1S/C9H5BrCl2N2O2S2/c10-6-7(9(12)17-8(6)11)18(15,16)14-5-3-1-2-4-13-5/h1-4H,(H,13,14). The smallest absolute Gasteiger partial charge is 0.263 e. The highest BCUT2D eigenvalue weighted by molar-refractivity contribution is 9.10. The molecule has 0 radical (unpaired) electrons. The SMILES string of the molecule is O=S(=O)(Nc1ccccn1)c1c(Cl)sc(Cl)c1Br. The lowest BCUT2D eigenvalue weighted by Gasteiger charge is -2.06. The van der Waals surface area contributed by atoms with Gasteiger partial charge in [-0.1, -0.05) is 29.3 Å². The number of anilines is 1. The van der Waals surface area contributed by atoms with Crippen molar-refractivity contribution in [2.45, 2.75) is 4.90 Å². The van der Waals surface area contributed by atoms with Gasteiger partial charge in [0.1, 0.15) is 19.4 Å². The van der Waals surface area contributed by atoms with Crippen LogP contribution in [0.1, 0.15) is 0 Å². The van der Waals surface area contributed by atoms with Crippen molar-refractivity contribution in [1.82, 2.24) is 4.98 Å². The van der Waals surface area contributed by atoms with Gasteiger partial charge in [-0.2, -0.15) is 0 Å². The van der Waals surface area contributed by atoms with Gasteiger partial charge in [0.25, 0.3) is 10.0 Å². The number of sulfonamides is 1. The summed E-state index contributed by atoms with van der Waals surface area (Å²) in [7, 11) is -3.82. The molecule has 4 nitrogen and oxygen atoms in total. The molecule has 0 unspecified atom stereocenters. The maximum atomic E-state index is 12.1. The minimum atomic E-state index is -3.82. The fourth-order valence-corrected chi connectivity index (χ4v) is 5.75. The van der Waals surface area contributed by atoms with E-state index in [0.717, 1.165) is 11.3 Å². The van der Waals surface area contributed by atoms with Crippen LogP contribution in [0.5, 0.6) is 0 Å². The molecule has 9 heteroatoms. The van der Waals surface area contributed by atoms with E-state index in [1.807, 2.05) is 0 Å². The third-order valence-corrected chi connectivity index (χ3v) is 6.72. The number of rotatable bonds is 3. The molecular formula is C9H5BrCl2N2O2S2. The van der Waals surface area contributed by atoms with Gasteiger partial charge in [0.2, 0.25) is 0 Å². The lowest BCUT2D eigenvalue weighted by Crippen LogP contribution is -2.13. The van der Waals surface area contributed by atoms with Crippen LogP contribution in [0.15, 0.2) is 33.8 Å². The molecule has 0 saturated heterocycles. The summed E-state index contributed by atoms with van der Waals surface area (Å²) >= 11 is 15.8. The zero-order valence-electron chi connectivity index (χ0n) is 8.52. The second-order valence-corrected chi connectivity index (χ2v) is 7.75. The summed E-state index contributed by atoms with van der Waals surface area (Å²) in [6, 6.07) is 4.89. The number of pyridine rings is 1. The molecule has 0 aliphatic carbocycles. The Morgan fingerprint density at radius 1 is 1.28 bits per heavy atom. The van der Waals surface area contributed by atoms with Crippen LogP contribution in [0.3, 0.4) is 0 Å². The number of nitrogens with zero attached hydrogens (tertiary/aromatic N) is 1. The van der Waals surface area contributed by atoms with E-state index in [9.17, 15) is 8.42 Å². The minimum Gasteiger partial charge on any atom is -0.263 e. The molecule has 0 saturated carbocycles. The van der Waals surface area contributed by atoms with E-state index in [0.29, 0.717) is 0 Å². The first-order valence-corrected chi connectivity index (χ1v) is 8.34. The summed E-state index contributed by atoms with van der Waals surface area (Å²) in [4.78, 5) is 3.80. The average molecular weight is 388 g/mol. The van der Waals surface area contributed by atoms with Crippen LogP contribution >= 0.6 is 50.5 Å². The van der Waals surface area contributed by atoms with Gasteiger partial charge in [-0.25, -0.2) is 13.4 Å². The van der Waals surface area contributed by atoms with E-state index in [2.05, 4.69) is 25.6 Å². The van der Waals surface area contributed by atoms with E-state index in [-0.39, 0.29) is 23.9 Å². The van der Waals surface area contributed by atoms with E-state index >= 15 is 0 Å². The Morgan fingerprint density at radius 2 is 2.00 bits per heavy atom. The van der Waals surface area contributed by atoms with Gasteiger partial charge in [-0.3, -0.25) is 4.72 Å². The first kappa shape index (κ1) is 14.1. The molecule has 0 atom stereocenters. The number of halogens is 3. The van der Waals surface area contributed by atoms with Crippen LogP contribution < -0.4 is 4.72 Å². The molecule has 2 aromatic heterocycles. The minimum absolute atomic E-state index is 0.0789. The molecule has 96 valence electrons. The number of thiophene rings is 1. The number of hydrogen-bond acceptors (Lipinski definition) is 4. The first-order chi connectivity index (χ1) is 8.42. The fourth-order valence-electron chi connectivity index (χ4n) is 1.18. The van der Waals surface area contributed by atoms with Gasteiger partial charge >= 0.3 is 0 Å². The predicted octanol–water partition coefficient (Wildman–Crippen LogP) is 4.01. The second-order valence-electron chi connectivity index (χ2n) is 3.11. The Morgan fingerprint density at radius 3 is 2.50 bits per heavy atom. The van der Waals surface area contributed by atoms with E-state index in [1.165, 1.54) is 12.3 Å². The van der Waals surface area contributed by atoms with Crippen molar-refractivity contribution >= 4 is 66.3 Å². The molecule has 0 aromatic carbocycles. The maximum absolute atomic E-state index is 12.1. The number of nitrogens with one attached hydrogen (secondary N) is 1. The van der Waals surface area contributed by atoms with Crippen molar-refractivity contribution in [3.05, 3.63) is 37.5 Å². The molecule has 0 amide bonds. The topological polar surface area (TPSA) is 59.1 Å². The summed E-state index contributed by atoms with van der Waals surface area (Å²) in [5.41, 5.74) is 0. The third-order valence-electron chi connectivity index (χ3n) is 1.90. The zero-order valence-corrected chi connectivity index (χ0v) is 13.3. The lowest BCUT2D eigenvalue weighted by molar-refractivity contribution is 0.601. The summed E-state index contributed by atoms with van der Waals surface area (Å²) in [6.07, 6.45) is 1.48. The van der Waals surface area contributed by atoms with Crippen LogP contribution in [-0.4, -0.2) is 13.4 Å². The van der Waals surface area contributed by atoms with Crippen molar-refractivity contribution in [1.29, 1.82) is 0 Å². The van der Waals surface area contributed by atoms with Gasteiger partial charge in [0.05, 0.1) is 4.47 Å². The normalized spacial score (nSPS) is 11.5. The van der Waals surface area contributed by atoms with Crippen molar-refractivity contribution in [3.8, 4) is 0 Å². The molecule has 0 spiro atoms. The molecule has 0 bridgehead atoms. The largest absolute Gasteiger partial charge is 0.266 e. The monoisotopic (exact) mass is 386 g/mol. The summed E-state index contributed by atoms with van der Waals surface area (Å²) in [6.45, 7) is 0. The Labute approximate surface area is 126 Å². The van der Waals surface area contributed by atoms with Crippen molar-refractivity contribution < 1.29 is 8.42 Å². The second kappa shape index (κ2) is 5.34. The summed E-state index contributed by atoms with van der Waals surface area (Å²) in [5.74, 6) is 0.211. The van der Waals surface area contributed by atoms with E-state index in [1.54, 1.807) is 12.1 Å². The molecule has 0 fully saturated rings. The Kier molecular flexibility index (Phi) is 4.18. The van der Waals surface area contributed by atoms with Gasteiger partial charge in [-0.15, -0.1) is 11.3 Å². The summed E-state index contributed by atoms with van der Waals surface area (Å²) < 4.78 is 27.2. The van der Waals surface area contributed by atoms with Crippen LogP contribution in [0.25, 0.3) is 0 Å². The third kappa shape index (κ3) is 2.80. The van der Waals surface area contributed by atoms with Crippen LogP contribution in [0.4, 0.5) is 5.82 Å². The van der Waals surface area contributed by atoms with Crippen molar-refractivity contribution in [3.63, 3.8) is 0 Å². The predicted molar refractivity (Wildman–Crippen MR) is 77.1 cm³/mol. The maximum Gasteiger partial charge on any atom is 0.266 e. The van der Waals surface area contributed by atoms with Crippen molar-refractivity contribution in [2.75, 3.05) is 4.72 Å². The quantitative estimate of drug-likeness (QED) is 0.865. The molecule has 0 aliphatic rings. The lowest BCUT2D eigenvalue weighted by atomic mass is 10.5. The van der Waals surface area contributed by atoms with Crippen LogP contribution in [-0.2, 0) is 10.0 Å². The molecule has 18 heavy (non-hydrogen) atoms. The van der Waals surface area contributed by atoms with E-state index in [4.69, 9.17) is 23.2 Å². The highest BCUT2D eigenvalue weighted by atomic mass is 79.9. The molecule has 2 aromatic rings. The average Bonchev–Trinajstić information content (AvgIpc) is 2.54. The Bertz CT molecular complexity index is 673. The fraction of sp³-hybridized carbons (Fsp3) is 0. The summed E-state index contributed by atoms with van der Waals surface area (Å²) in [5, 5.41) is 0. The molecule has 2 heterocycles. The highest BCUT2D eigenvalue weighted by Gasteiger charge is 2.26. The molecule has 2 rings (SSSR count). The van der Waals surface area contributed by atoms with Crippen LogP contribution in [0.2, 0.25) is 8.67 Å². The van der Waals surface area contributed by atoms with Crippen LogP contribution in [0, 0.1) is 0 Å². The molecule has 0 aliphatic heterocycles. The molecule has 1 N–H and O–H groups in total. The Hall–Kier alpha value is -0.340. The highest BCUT2D eigenvalue weighted by Crippen LogP contribution is 2.43. The van der Waals surface area contributed by atoms with E-state index < -0.39 is 10.0 Å². The first-order valence-electron chi connectivity index (χ1n) is 4.49. The molecular weight excluding hydrogens is 383 g/mol. The van der Waals surface area contributed by atoms with Gasteiger partial charge < -0.3 is 0 Å². The Balaban J connectivity index is 2.43.